The Kier molecular flexibility index (Phi) is 6.20. The Morgan fingerprint density at radius 2 is 0.929 bits per heavy atom. The molecule has 1 rings (SSSR count). The van der Waals surface area contributed by atoms with E-state index in [9.17, 15) is 10.2 Å². The Morgan fingerprint density at radius 3 is 1.36 bits per heavy atom. The molecule has 2 atom stereocenters. The van der Waals surface area contributed by atoms with Gasteiger partial charge < -0.3 is 10.2 Å². The molecule has 2 heteroatoms. The van der Waals surface area contributed by atoms with E-state index >= 15 is 0 Å². The molecular weight excluding hydrogens is 176 g/mol. The zero-order valence-electron chi connectivity index (χ0n) is 9.12. The SMILES string of the molecule is O[C@@H]1CCCCCCCCC[C@@H](O)C1. The molecule has 14 heavy (non-hydrogen) atoms. The van der Waals surface area contributed by atoms with Crippen LogP contribution >= 0.6 is 0 Å². The fourth-order valence-electron chi connectivity index (χ4n) is 2.19. The van der Waals surface area contributed by atoms with E-state index in [1.807, 2.05) is 0 Å². The van der Waals surface area contributed by atoms with Gasteiger partial charge >= 0.3 is 0 Å². The summed E-state index contributed by atoms with van der Waals surface area (Å²) in [6.45, 7) is 0. The summed E-state index contributed by atoms with van der Waals surface area (Å²) in [6.07, 6.45) is 10.5. The van der Waals surface area contributed by atoms with Crippen LogP contribution in [0.5, 0.6) is 0 Å². The molecule has 0 heterocycles. The van der Waals surface area contributed by atoms with Crippen molar-refractivity contribution in [3.63, 3.8) is 0 Å². The summed E-state index contributed by atoms with van der Waals surface area (Å²) in [4.78, 5) is 0. The molecule has 2 N–H and O–H groups in total. The highest BCUT2D eigenvalue weighted by molar-refractivity contribution is 4.65. The van der Waals surface area contributed by atoms with Crippen LogP contribution in [0.3, 0.4) is 0 Å². The molecule has 0 spiro atoms. The van der Waals surface area contributed by atoms with Crippen molar-refractivity contribution in [2.24, 2.45) is 0 Å². The molecule has 1 fully saturated rings. The van der Waals surface area contributed by atoms with Crippen molar-refractivity contribution in [3.8, 4) is 0 Å². The molecule has 0 amide bonds. The Hall–Kier alpha value is -0.0800. The summed E-state index contributed by atoms with van der Waals surface area (Å²) in [6, 6.07) is 0. The molecule has 2 nitrogen and oxygen atoms in total. The van der Waals surface area contributed by atoms with E-state index in [1.165, 1.54) is 32.1 Å². The number of aliphatic hydroxyl groups excluding tert-OH is 2. The lowest BCUT2D eigenvalue weighted by molar-refractivity contribution is 0.0674. The van der Waals surface area contributed by atoms with Gasteiger partial charge in [0.05, 0.1) is 12.2 Å². The van der Waals surface area contributed by atoms with Gasteiger partial charge in [-0.25, -0.2) is 0 Å². The van der Waals surface area contributed by atoms with Crippen LogP contribution in [-0.4, -0.2) is 22.4 Å². The van der Waals surface area contributed by atoms with Crippen LogP contribution in [0.25, 0.3) is 0 Å². The predicted molar refractivity (Wildman–Crippen MR) is 58.2 cm³/mol. The van der Waals surface area contributed by atoms with Crippen LogP contribution < -0.4 is 0 Å². The van der Waals surface area contributed by atoms with E-state index in [4.69, 9.17) is 0 Å². The Labute approximate surface area is 87.3 Å². The van der Waals surface area contributed by atoms with E-state index in [0.29, 0.717) is 6.42 Å². The Balaban J connectivity index is 2.22. The summed E-state index contributed by atoms with van der Waals surface area (Å²) < 4.78 is 0. The summed E-state index contributed by atoms with van der Waals surface area (Å²) >= 11 is 0. The van der Waals surface area contributed by atoms with E-state index in [-0.39, 0.29) is 12.2 Å². The van der Waals surface area contributed by atoms with Crippen LogP contribution in [0, 0.1) is 0 Å². The van der Waals surface area contributed by atoms with Crippen molar-refractivity contribution in [1.29, 1.82) is 0 Å². The van der Waals surface area contributed by atoms with E-state index in [2.05, 4.69) is 0 Å². The average Bonchev–Trinajstić information content (AvgIpc) is 2.13. The van der Waals surface area contributed by atoms with Gasteiger partial charge in [-0.05, 0) is 19.3 Å². The average molecular weight is 200 g/mol. The van der Waals surface area contributed by atoms with Crippen LogP contribution in [0.4, 0.5) is 0 Å². The molecule has 0 aromatic heterocycles. The van der Waals surface area contributed by atoms with Crippen molar-refractivity contribution in [2.45, 2.75) is 76.4 Å². The maximum Gasteiger partial charge on any atom is 0.0564 e. The summed E-state index contributed by atoms with van der Waals surface area (Å²) in [7, 11) is 0. The first-order valence-corrected chi connectivity index (χ1v) is 6.15. The number of hydrogen-bond acceptors (Lipinski definition) is 2. The minimum absolute atomic E-state index is 0.274. The van der Waals surface area contributed by atoms with Crippen molar-refractivity contribution in [1.82, 2.24) is 0 Å². The fourth-order valence-corrected chi connectivity index (χ4v) is 2.19. The smallest absolute Gasteiger partial charge is 0.0564 e. The summed E-state index contributed by atoms with van der Waals surface area (Å²) in [5, 5.41) is 19.2. The van der Waals surface area contributed by atoms with Crippen LogP contribution in [0.1, 0.15) is 64.2 Å². The summed E-state index contributed by atoms with van der Waals surface area (Å²) in [5.41, 5.74) is 0. The molecule has 0 radical (unpaired) electrons. The maximum atomic E-state index is 9.60. The Morgan fingerprint density at radius 1 is 0.571 bits per heavy atom. The molecule has 1 saturated carbocycles. The van der Waals surface area contributed by atoms with Gasteiger partial charge in [0.15, 0.2) is 0 Å². The summed E-state index contributed by atoms with van der Waals surface area (Å²) in [5.74, 6) is 0. The third-order valence-corrected chi connectivity index (χ3v) is 3.12. The van der Waals surface area contributed by atoms with Crippen LogP contribution in [0.2, 0.25) is 0 Å². The van der Waals surface area contributed by atoms with Gasteiger partial charge in [-0.3, -0.25) is 0 Å². The quantitative estimate of drug-likeness (QED) is 0.631. The molecule has 0 aliphatic heterocycles. The third kappa shape index (κ3) is 5.61. The lowest BCUT2D eigenvalue weighted by Crippen LogP contribution is -2.17. The lowest BCUT2D eigenvalue weighted by Gasteiger charge is -2.16. The highest BCUT2D eigenvalue weighted by Gasteiger charge is 2.11. The molecule has 1 aliphatic carbocycles. The van der Waals surface area contributed by atoms with Gasteiger partial charge in [-0.15, -0.1) is 0 Å². The van der Waals surface area contributed by atoms with Crippen molar-refractivity contribution in [3.05, 3.63) is 0 Å². The molecule has 0 aromatic rings. The molecule has 0 unspecified atom stereocenters. The van der Waals surface area contributed by atoms with Gasteiger partial charge in [0.2, 0.25) is 0 Å². The number of aliphatic hydroxyl groups is 2. The second-order valence-corrected chi connectivity index (χ2v) is 4.60. The first-order valence-electron chi connectivity index (χ1n) is 6.15. The topological polar surface area (TPSA) is 40.5 Å². The highest BCUT2D eigenvalue weighted by Crippen LogP contribution is 2.17. The van der Waals surface area contributed by atoms with Gasteiger partial charge in [0.1, 0.15) is 0 Å². The predicted octanol–water partition coefficient (Wildman–Crippen LogP) is 2.62. The van der Waals surface area contributed by atoms with Gasteiger partial charge in [-0.2, -0.15) is 0 Å². The second kappa shape index (κ2) is 7.24. The van der Waals surface area contributed by atoms with Gasteiger partial charge in [0, 0.05) is 0 Å². The minimum Gasteiger partial charge on any atom is -0.393 e. The third-order valence-electron chi connectivity index (χ3n) is 3.12. The first kappa shape index (κ1) is 12.0. The zero-order valence-corrected chi connectivity index (χ0v) is 9.12. The maximum absolute atomic E-state index is 9.60. The zero-order chi connectivity index (χ0) is 10.2. The number of rotatable bonds is 0. The largest absolute Gasteiger partial charge is 0.393 e. The first-order chi connectivity index (χ1) is 6.79. The molecule has 0 aromatic carbocycles. The second-order valence-electron chi connectivity index (χ2n) is 4.60. The fraction of sp³-hybridized carbons (Fsp3) is 1.00. The normalized spacial score (nSPS) is 33.0. The van der Waals surface area contributed by atoms with Crippen molar-refractivity contribution >= 4 is 0 Å². The van der Waals surface area contributed by atoms with E-state index < -0.39 is 0 Å². The number of hydrogen-bond donors (Lipinski definition) is 2. The Bertz CT molecular complexity index is 122. The highest BCUT2D eigenvalue weighted by atomic mass is 16.3. The molecule has 0 bridgehead atoms. The molecule has 1 aliphatic rings. The molecule has 84 valence electrons. The standard InChI is InChI=1S/C12H24O2/c13-11-8-6-4-2-1-3-5-7-9-12(14)10-11/h11-14H,1-10H2/t11-,12-/m1/s1. The van der Waals surface area contributed by atoms with Crippen molar-refractivity contribution in [2.75, 3.05) is 0 Å². The van der Waals surface area contributed by atoms with Crippen LogP contribution in [-0.2, 0) is 0 Å². The van der Waals surface area contributed by atoms with Crippen LogP contribution in [0.15, 0.2) is 0 Å². The van der Waals surface area contributed by atoms with Crippen molar-refractivity contribution < 1.29 is 10.2 Å². The van der Waals surface area contributed by atoms with E-state index in [1.54, 1.807) is 0 Å². The van der Waals surface area contributed by atoms with Gasteiger partial charge in [0.25, 0.3) is 0 Å². The monoisotopic (exact) mass is 200 g/mol. The van der Waals surface area contributed by atoms with E-state index in [0.717, 1.165) is 25.7 Å². The lowest BCUT2D eigenvalue weighted by atomic mass is 9.98. The van der Waals surface area contributed by atoms with Gasteiger partial charge in [-0.1, -0.05) is 44.9 Å². The molecular formula is C12H24O2. The molecule has 0 saturated heterocycles. The minimum atomic E-state index is -0.274.